The van der Waals surface area contributed by atoms with Crippen LogP contribution in [0.5, 0.6) is 0 Å². The van der Waals surface area contributed by atoms with Gasteiger partial charge in [-0.1, -0.05) is 68.4 Å². The van der Waals surface area contributed by atoms with E-state index in [1.807, 2.05) is 61.6 Å². The molecule has 1 amide bonds. The van der Waals surface area contributed by atoms with Crippen molar-refractivity contribution in [2.24, 2.45) is 0 Å². The Labute approximate surface area is 177 Å². The van der Waals surface area contributed by atoms with Crippen LogP contribution in [0.25, 0.3) is 11.4 Å². The van der Waals surface area contributed by atoms with Crippen LogP contribution in [0.3, 0.4) is 0 Å². The summed E-state index contributed by atoms with van der Waals surface area (Å²) in [5.74, 6) is 1.12. The minimum atomic E-state index is -0.0509. The highest BCUT2D eigenvalue weighted by Gasteiger charge is 2.35. The average Bonchev–Trinajstić information content (AvgIpc) is 3.35. The fraction of sp³-hybridized carbons (Fsp3) is 0.375. The van der Waals surface area contributed by atoms with E-state index >= 15 is 0 Å². The van der Waals surface area contributed by atoms with Gasteiger partial charge in [-0.15, -0.1) is 0 Å². The second kappa shape index (κ2) is 8.03. The Morgan fingerprint density at radius 2 is 1.80 bits per heavy atom. The zero-order chi connectivity index (χ0) is 21.3. The van der Waals surface area contributed by atoms with Gasteiger partial charge in [0.2, 0.25) is 11.7 Å². The van der Waals surface area contributed by atoms with E-state index in [1.165, 1.54) is 5.56 Å². The number of rotatable bonds is 4. The number of likely N-dealkylation sites (N-methyl/N-ethyl adjacent to an activating group) is 1. The number of carbonyl (C=O) groups is 1. The predicted octanol–water partition coefficient (Wildman–Crippen LogP) is 4.21. The lowest BCUT2D eigenvalue weighted by atomic mass is 9.86. The molecule has 2 heterocycles. The number of likely N-dealkylation sites (tertiary alicyclic amines) is 1. The van der Waals surface area contributed by atoms with Crippen molar-refractivity contribution < 1.29 is 9.32 Å². The van der Waals surface area contributed by atoms with Gasteiger partial charge >= 0.3 is 0 Å². The number of amides is 1. The monoisotopic (exact) mass is 404 g/mol. The largest absolute Gasteiger partial charge is 0.348 e. The highest BCUT2D eigenvalue weighted by atomic mass is 16.5. The Morgan fingerprint density at radius 1 is 1.10 bits per heavy atom. The summed E-state index contributed by atoms with van der Waals surface area (Å²) in [6, 6.07) is 17.7. The number of nitrogens with one attached hydrogen (secondary N) is 1. The lowest BCUT2D eigenvalue weighted by molar-refractivity contribution is 0.0938. The summed E-state index contributed by atoms with van der Waals surface area (Å²) in [6.07, 6.45) is 0.735. The van der Waals surface area contributed by atoms with Crippen molar-refractivity contribution in [3.05, 3.63) is 71.6 Å². The van der Waals surface area contributed by atoms with Gasteiger partial charge in [-0.05, 0) is 36.6 Å². The number of benzene rings is 2. The molecule has 6 nitrogen and oxygen atoms in total. The van der Waals surface area contributed by atoms with Gasteiger partial charge in [0.05, 0.1) is 6.04 Å². The quantitative estimate of drug-likeness (QED) is 0.705. The van der Waals surface area contributed by atoms with Gasteiger partial charge < -0.3 is 9.84 Å². The van der Waals surface area contributed by atoms with Gasteiger partial charge in [0.25, 0.3) is 5.91 Å². The second-order valence-corrected chi connectivity index (χ2v) is 9.01. The van der Waals surface area contributed by atoms with Crippen LogP contribution in [-0.2, 0) is 5.41 Å². The molecule has 1 fully saturated rings. The van der Waals surface area contributed by atoms with E-state index in [2.05, 4.69) is 41.1 Å². The van der Waals surface area contributed by atoms with Crippen molar-refractivity contribution in [3.63, 3.8) is 0 Å². The molecule has 4 rings (SSSR count). The van der Waals surface area contributed by atoms with E-state index in [4.69, 9.17) is 4.52 Å². The van der Waals surface area contributed by atoms with Gasteiger partial charge in [-0.2, -0.15) is 4.98 Å². The van der Waals surface area contributed by atoms with Crippen molar-refractivity contribution in [1.29, 1.82) is 0 Å². The van der Waals surface area contributed by atoms with Crippen molar-refractivity contribution in [1.82, 2.24) is 20.4 Å². The van der Waals surface area contributed by atoms with Crippen LogP contribution < -0.4 is 5.32 Å². The zero-order valence-corrected chi connectivity index (χ0v) is 17.9. The first kappa shape index (κ1) is 20.3. The summed E-state index contributed by atoms with van der Waals surface area (Å²) in [5.41, 5.74) is 2.89. The molecule has 1 aliphatic heterocycles. The molecular formula is C24H28N4O2. The topological polar surface area (TPSA) is 71.3 Å². The Bertz CT molecular complexity index is 1010. The molecule has 3 aromatic rings. The Kier molecular flexibility index (Phi) is 5.43. The minimum Gasteiger partial charge on any atom is -0.348 e. The first-order chi connectivity index (χ1) is 14.3. The standard InChI is InChI=1S/C24H28N4O2/c1-24(2,3)18-12-10-17(11-13-18)22(29)25-19-14-20(28(4)15-19)23-26-21(27-30-23)16-8-6-5-7-9-16/h5-13,19-20H,14-15H2,1-4H3,(H,25,29)/t19-,20-/m0/s1. The van der Waals surface area contributed by atoms with E-state index in [1.54, 1.807) is 0 Å². The maximum Gasteiger partial charge on any atom is 0.251 e. The SMILES string of the molecule is CN1C[C@@H](NC(=O)c2ccc(C(C)(C)C)cc2)C[C@H]1c1nc(-c2ccccc2)no1. The number of nitrogens with zero attached hydrogens (tertiary/aromatic N) is 3. The molecule has 0 spiro atoms. The van der Waals surface area contributed by atoms with Crippen molar-refractivity contribution in [3.8, 4) is 11.4 Å². The molecule has 156 valence electrons. The van der Waals surface area contributed by atoms with E-state index in [0.29, 0.717) is 17.3 Å². The highest BCUT2D eigenvalue weighted by molar-refractivity contribution is 5.94. The molecule has 1 aromatic heterocycles. The number of carbonyl (C=O) groups excluding carboxylic acids is 1. The first-order valence-electron chi connectivity index (χ1n) is 10.3. The summed E-state index contributed by atoms with van der Waals surface area (Å²) in [4.78, 5) is 19.5. The maximum atomic E-state index is 12.7. The van der Waals surface area contributed by atoms with Crippen LogP contribution >= 0.6 is 0 Å². The van der Waals surface area contributed by atoms with Crippen LogP contribution in [0.15, 0.2) is 59.1 Å². The molecule has 30 heavy (non-hydrogen) atoms. The molecule has 0 saturated carbocycles. The van der Waals surface area contributed by atoms with Gasteiger partial charge in [0.15, 0.2) is 0 Å². The molecular weight excluding hydrogens is 376 g/mol. The molecule has 0 radical (unpaired) electrons. The maximum absolute atomic E-state index is 12.7. The summed E-state index contributed by atoms with van der Waals surface area (Å²) in [7, 11) is 2.02. The molecule has 0 unspecified atom stereocenters. The molecule has 2 atom stereocenters. The third-order valence-corrected chi connectivity index (χ3v) is 5.66. The molecule has 1 saturated heterocycles. The summed E-state index contributed by atoms with van der Waals surface area (Å²) >= 11 is 0. The van der Waals surface area contributed by atoms with Crippen LogP contribution in [-0.4, -0.2) is 40.6 Å². The summed E-state index contributed by atoms with van der Waals surface area (Å²) in [5, 5.41) is 7.28. The molecule has 1 N–H and O–H groups in total. The fourth-order valence-corrected chi connectivity index (χ4v) is 3.86. The zero-order valence-electron chi connectivity index (χ0n) is 17.9. The first-order valence-corrected chi connectivity index (χ1v) is 10.3. The van der Waals surface area contributed by atoms with Crippen molar-refractivity contribution in [2.75, 3.05) is 13.6 Å². The molecule has 1 aliphatic rings. The second-order valence-electron chi connectivity index (χ2n) is 9.01. The fourth-order valence-electron chi connectivity index (χ4n) is 3.86. The third-order valence-electron chi connectivity index (χ3n) is 5.66. The number of hydrogen-bond donors (Lipinski definition) is 1. The Balaban J connectivity index is 1.41. The van der Waals surface area contributed by atoms with E-state index in [0.717, 1.165) is 18.5 Å². The molecule has 2 aromatic carbocycles. The molecule has 0 bridgehead atoms. The van der Waals surface area contributed by atoms with Gasteiger partial charge in [-0.25, -0.2) is 0 Å². The lowest BCUT2D eigenvalue weighted by Crippen LogP contribution is -2.36. The van der Waals surface area contributed by atoms with E-state index in [9.17, 15) is 4.79 Å². The number of hydrogen-bond acceptors (Lipinski definition) is 5. The smallest absolute Gasteiger partial charge is 0.251 e. The van der Waals surface area contributed by atoms with Crippen LogP contribution in [0.4, 0.5) is 0 Å². The summed E-state index contributed by atoms with van der Waals surface area (Å²) < 4.78 is 5.54. The van der Waals surface area contributed by atoms with Gasteiger partial charge in [-0.3, -0.25) is 9.69 Å². The average molecular weight is 405 g/mol. The Hall–Kier alpha value is -2.99. The third kappa shape index (κ3) is 4.28. The van der Waals surface area contributed by atoms with E-state index < -0.39 is 0 Å². The highest BCUT2D eigenvalue weighted by Crippen LogP contribution is 2.31. The lowest BCUT2D eigenvalue weighted by Gasteiger charge is -2.19. The van der Waals surface area contributed by atoms with E-state index in [-0.39, 0.29) is 23.4 Å². The Morgan fingerprint density at radius 3 is 2.47 bits per heavy atom. The van der Waals surface area contributed by atoms with Crippen molar-refractivity contribution in [2.45, 2.75) is 44.7 Å². The van der Waals surface area contributed by atoms with Crippen LogP contribution in [0.1, 0.15) is 55.0 Å². The summed E-state index contributed by atoms with van der Waals surface area (Å²) in [6.45, 7) is 7.23. The van der Waals surface area contributed by atoms with Gasteiger partial charge in [0.1, 0.15) is 0 Å². The molecule has 6 heteroatoms. The minimum absolute atomic E-state index is 0.0106. The van der Waals surface area contributed by atoms with Crippen LogP contribution in [0.2, 0.25) is 0 Å². The predicted molar refractivity (Wildman–Crippen MR) is 116 cm³/mol. The van der Waals surface area contributed by atoms with Gasteiger partial charge in [0, 0.05) is 23.7 Å². The number of aromatic nitrogens is 2. The van der Waals surface area contributed by atoms with Crippen molar-refractivity contribution >= 4 is 5.91 Å². The van der Waals surface area contributed by atoms with Crippen LogP contribution in [0, 0.1) is 0 Å². The normalized spacial score (nSPS) is 19.7. The molecule has 0 aliphatic carbocycles.